The minimum absolute atomic E-state index is 0.833. The highest BCUT2D eigenvalue weighted by Gasteiger charge is 2.13. The standard InChI is InChI=1S/C12H16BrN3/c1-10-6-8-16(9-7-10)15-14-12-4-2-11(13)3-5-12/h2-5,10H,6-9H2,1H3. The molecule has 1 saturated heterocycles. The van der Waals surface area contributed by atoms with E-state index in [1.807, 2.05) is 24.3 Å². The number of nitrogens with zero attached hydrogens (tertiary/aromatic N) is 3. The highest BCUT2D eigenvalue weighted by molar-refractivity contribution is 9.10. The van der Waals surface area contributed by atoms with Gasteiger partial charge in [-0.3, -0.25) is 5.01 Å². The fourth-order valence-corrected chi connectivity index (χ4v) is 1.97. The highest BCUT2D eigenvalue weighted by Crippen LogP contribution is 2.20. The lowest BCUT2D eigenvalue weighted by atomic mass is 10.0. The van der Waals surface area contributed by atoms with E-state index in [0.29, 0.717) is 0 Å². The number of rotatable bonds is 2. The number of hydrogen-bond donors (Lipinski definition) is 0. The summed E-state index contributed by atoms with van der Waals surface area (Å²) in [5.41, 5.74) is 0.904. The Bertz CT molecular complexity index is 353. The minimum atomic E-state index is 0.833. The molecule has 0 amide bonds. The number of piperidine rings is 1. The molecule has 1 aromatic carbocycles. The highest BCUT2D eigenvalue weighted by atomic mass is 79.9. The topological polar surface area (TPSA) is 28.0 Å². The predicted molar refractivity (Wildman–Crippen MR) is 68.6 cm³/mol. The summed E-state index contributed by atoms with van der Waals surface area (Å²) in [7, 11) is 0. The Labute approximate surface area is 105 Å². The van der Waals surface area contributed by atoms with Crippen molar-refractivity contribution in [2.75, 3.05) is 13.1 Å². The number of hydrogen-bond acceptors (Lipinski definition) is 2. The molecule has 0 saturated carbocycles. The maximum Gasteiger partial charge on any atom is 0.0875 e. The van der Waals surface area contributed by atoms with E-state index in [4.69, 9.17) is 0 Å². The van der Waals surface area contributed by atoms with E-state index in [-0.39, 0.29) is 0 Å². The minimum Gasteiger partial charge on any atom is -0.278 e. The maximum absolute atomic E-state index is 4.26. The van der Waals surface area contributed by atoms with Crippen LogP contribution in [0.3, 0.4) is 0 Å². The van der Waals surface area contributed by atoms with Crippen LogP contribution in [0.25, 0.3) is 0 Å². The van der Waals surface area contributed by atoms with Gasteiger partial charge in [0.15, 0.2) is 0 Å². The van der Waals surface area contributed by atoms with E-state index in [1.54, 1.807) is 0 Å². The molecule has 0 aliphatic carbocycles. The number of halogens is 1. The zero-order valence-electron chi connectivity index (χ0n) is 9.43. The molecule has 0 unspecified atom stereocenters. The zero-order chi connectivity index (χ0) is 11.4. The van der Waals surface area contributed by atoms with Gasteiger partial charge in [0.1, 0.15) is 0 Å². The second-order valence-corrected chi connectivity index (χ2v) is 5.22. The third kappa shape index (κ3) is 3.30. The Balaban J connectivity index is 1.91. The van der Waals surface area contributed by atoms with E-state index in [9.17, 15) is 0 Å². The van der Waals surface area contributed by atoms with Gasteiger partial charge in [-0.2, -0.15) is 0 Å². The summed E-state index contributed by atoms with van der Waals surface area (Å²) in [6, 6.07) is 7.87. The van der Waals surface area contributed by atoms with Crippen LogP contribution in [-0.2, 0) is 0 Å². The van der Waals surface area contributed by atoms with Crippen molar-refractivity contribution in [1.29, 1.82) is 0 Å². The molecule has 1 heterocycles. The van der Waals surface area contributed by atoms with Crippen molar-refractivity contribution in [2.24, 2.45) is 16.3 Å². The first kappa shape index (κ1) is 11.6. The molecule has 2 rings (SSSR count). The largest absolute Gasteiger partial charge is 0.278 e. The molecular formula is C12H16BrN3. The van der Waals surface area contributed by atoms with Crippen molar-refractivity contribution in [3.05, 3.63) is 28.7 Å². The Hall–Kier alpha value is -0.900. The Kier molecular flexibility index (Phi) is 3.93. The summed E-state index contributed by atoms with van der Waals surface area (Å²) >= 11 is 3.40. The van der Waals surface area contributed by atoms with Crippen molar-refractivity contribution in [3.8, 4) is 0 Å². The monoisotopic (exact) mass is 281 g/mol. The normalized spacial score (nSPS) is 18.2. The summed E-state index contributed by atoms with van der Waals surface area (Å²) < 4.78 is 1.07. The molecule has 0 atom stereocenters. The molecule has 0 spiro atoms. The van der Waals surface area contributed by atoms with Gasteiger partial charge in [0.25, 0.3) is 0 Å². The SMILES string of the molecule is CC1CCN(N=Nc2ccc(Br)cc2)CC1. The first-order chi connectivity index (χ1) is 7.74. The molecule has 4 heteroatoms. The average Bonchev–Trinajstić information content (AvgIpc) is 2.30. The summed E-state index contributed by atoms with van der Waals surface area (Å²) in [4.78, 5) is 0. The van der Waals surface area contributed by atoms with Gasteiger partial charge in [-0.25, -0.2) is 0 Å². The fraction of sp³-hybridized carbons (Fsp3) is 0.500. The van der Waals surface area contributed by atoms with Gasteiger partial charge in [-0.05, 0) is 43.0 Å². The van der Waals surface area contributed by atoms with Crippen LogP contribution in [0.1, 0.15) is 19.8 Å². The van der Waals surface area contributed by atoms with Gasteiger partial charge in [0.2, 0.25) is 0 Å². The molecule has 16 heavy (non-hydrogen) atoms. The first-order valence-electron chi connectivity index (χ1n) is 5.66. The first-order valence-corrected chi connectivity index (χ1v) is 6.45. The van der Waals surface area contributed by atoms with Gasteiger partial charge in [-0.15, -0.1) is 5.11 Å². The molecule has 0 radical (unpaired) electrons. The van der Waals surface area contributed by atoms with Crippen molar-refractivity contribution >= 4 is 21.6 Å². The smallest absolute Gasteiger partial charge is 0.0875 e. The third-order valence-electron chi connectivity index (χ3n) is 2.87. The lowest BCUT2D eigenvalue weighted by molar-refractivity contribution is 0.188. The van der Waals surface area contributed by atoms with Crippen LogP contribution in [0.2, 0.25) is 0 Å². The molecule has 1 aliphatic rings. The molecule has 1 aromatic rings. The van der Waals surface area contributed by atoms with Crippen molar-refractivity contribution in [2.45, 2.75) is 19.8 Å². The van der Waals surface area contributed by atoms with E-state index >= 15 is 0 Å². The van der Waals surface area contributed by atoms with Gasteiger partial charge >= 0.3 is 0 Å². The second kappa shape index (κ2) is 5.43. The van der Waals surface area contributed by atoms with Crippen LogP contribution in [-0.4, -0.2) is 18.1 Å². The predicted octanol–water partition coefficient (Wildman–Crippen LogP) is 4.18. The lowest BCUT2D eigenvalue weighted by Gasteiger charge is -2.26. The molecule has 86 valence electrons. The van der Waals surface area contributed by atoms with Crippen molar-refractivity contribution in [1.82, 2.24) is 5.01 Å². The summed E-state index contributed by atoms with van der Waals surface area (Å²) in [6.45, 7) is 4.35. The van der Waals surface area contributed by atoms with E-state index in [0.717, 1.165) is 29.2 Å². The van der Waals surface area contributed by atoms with E-state index in [2.05, 4.69) is 38.2 Å². The van der Waals surface area contributed by atoms with Gasteiger partial charge in [-0.1, -0.05) is 28.1 Å². The molecule has 1 aliphatic heterocycles. The van der Waals surface area contributed by atoms with Crippen LogP contribution in [0.15, 0.2) is 39.1 Å². The molecule has 0 aromatic heterocycles. The van der Waals surface area contributed by atoms with Crippen LogP contribution in [0.5, 0.6) is 0 Å². The summed E-state index contributed by atoms with van der Waals surface area (Å²) in [6.07, 6.45) is 2.44. The third-order valence-corrected chi connectivity index (χ3v) is 3.40. The Morgan fingerprint density at radius 1 is 1.19 bits per heavy atom. The summed E-state index contributed by atoms with van der Waals surface area (Å²) in [5.74, 6) is 0.833. The van der Waals surface area contributed by atoms with Gasteiger partial charge < -0.3 is 0 Å². The van der Waals surface area contributed by atoms with Crippen molar-refractivity contribution < 1.29 is 0 Å². The van der Waals surface area contributed by atoms with Gasteiger partial charge in [0, 0.05) is 17.6 Å². The second-order valence-electron chi connectivity index (χ2n) is 4.30. The molecule has 3 nitrogen and oxygen atoms in total. The number of benzene rings is 1. The molecular weight excluding hydrogens is 266 g/mol. The molecule has 0 N–H and O–H groups in total. The van der Waals surface area contributed by atoms with E-state index < -0.39 is 0 Å². The van der Waals surface area contributed by atoms with Crippen LogP contribution in [0.4, 0.5) is 5.69 Å². The Morgan fingerprint density at radius 3 is 2.44 bits per heavy atom. The van der Waals surface area contributed by atoms with Crippen LogP contribution < -0.4 is 0 Å². The fourth-order valence-electron chi connectivity index (χ4n) is 1.71. The summed E-state index contributed by atoms with van der Waals surface area (Å²) in [5, 5.41) is 10.5. The van der Waals surface area contributed by atoms with Gasteiger partial charge in [0.05, 0.1) is 5.69 Å². The Morgan fingerprint density at radius 2 is 1.81 bits per heavy atom. The average molecular weight is 282 g/mol. The quantitative estimate of drug-likeness (QED) is 0.748. The lowest BCUT2D eigenvalue weighted by Crippen LogP contribution is -2.27. The molecule has 0 bridgehead atoms. The zero-order valence-corrected chi connectivity index (χ0v) is 11.0. The van der Waals surface area contributed by atoms with Crippen LogP contribution in [0, 0.1) is 5.92 Å². The molecule has 1 fully saturated rings. The van der Waals surface area contributed by atoms with E-state index in [1.165, 1.54) is 12.8 Å². The van der Waals surface area contributed by atoms with Crippen LogP contribution >= 0.6 is 15.9 Å². The van der Waals surface area contributed by atoms with Crippen molar-refractivity contribution in [3.63, 3.8) is 0 Å². The maximum atomic E-state index is 4.26.